The minimum atomic E-state index is -0.530. The first-order valence-electron chi connectivity index (χ1n) is 9.23. The Morgan fingerprint density at radius 2 is 1.64 bits per heavy atom. The first-order chi connectivity index (χ1) is 13.7. The van der Waals surface area contributed by atoms with Gasteiger partial charge in [-0.3, -0.25) is 4.79 Å². The summed E-state index contributed by atoms with van der Waals surface area (Å²) in [7, 11) is 0. The number of rotatable bonds is 6. The van der Waals surface area contributed by atoms with E-state index in [4.69, 9.17) is 0 Å². The highest BCUT2D eigenvalue weighted by Gasteiger charge is 2.14. The maximum absolute atomic E-state index is 13.8. The number of hydrogen-bond acceptors (Lipinski definition) is 2. The normalized spacial score (nSPS) is 10.9. The molecule has 0 atom stereocenters. The highest BCUT2D eigenvalue weighted by Crippen LogP contribution is 2.17. The van der Waals surface area contributed by atoms with Crippen LogP contribution in [0.25, 0.3) is 11.0 Å². The summed E-state index contributed by atoms with van der Waals surface area (Å²) in [4.78, 5) is 17.0. The zero-order valence-electron chi connectivity index (χ0n) is 15.3. The van der Waals surface area contributed by atoms with Gasteiger partial charge in [-0.05, 0) is 36.2 Å². The molecule has 4 rings (SSSR count). The standard InChI is InChI=1S/C23H20FN3O/c24-19-11-5-4-10-18(19)23(28)25-16-22-26-20-12-6-7-13-21(20)27(22)15-14-17-8-2-1-3-9-17/h1-13H,14-16H2,(H,25,28). The van der Waals surface area contributed by atoms with Crippen molar-refractivity contribution in [3.05, 3.63) is 102 Å². The molecular weight excluding hydrogens is 353 g/mol. The molecule has 140 valence electrons. The number of para-hydroxylation sites is 2. The van der Waals surface area contributed by atoms with Gasteiger partial charge in [-0.25, -0.2) is 9.37 Å². The third kappa shape index (κ3) is 3.78. The van der Waals surface area contributed by atoms with Crippen LogP contribution in [-0.2, 0) is 19.5 Å². The average Bonchev–Trinajstić information content (AvgIpc) is 3.09. The van der Waals surface area contributed by atoms with E-state index in [9.17, 15) is 9.18 Å². The lowest BCUT2D eigenvalue weighted by Crippen LogP contribution is -2.25. The van der Waals surface area contributed by atoms with Crippen molar-refractivity contribution in [2.75, 3.05) is 0 Å². The fraction of sp³-hybridized carbons (Fsp3) is 0.130. The van der Waals surface area contributed by atoms with E-state index < -0.39 is 11.7 Å². The summed E-state index contributed by atoms with van der Waals surface area (Å²) in [6.07, 6.45) is 0.857. The second-order valence-electron chi connectivity index (χ2n) is 6.57. The van der Waals surface area contributed by atoms with Crippen molar-refractivity contribution < 1.29 is 9.18 Å². The molecule has 0 aliphatic heterocycles. The Morgan fingerprint density at radius 1 is 0.929 bits per heavy atom. The number of aryl methyl sites for hydroxylation is 2. The van der Waals surface area contributed by atoms with Gasteiger partial charge in [-0.15, -0.1) is 0 Å². The molecule has 4 aromatic rings. The quantitative estimate of drug-likeness (QED) is 0.546. The fourth-order valence-corrected chi connectivity index (χ4v) is 3.30. The number of halogens is 1. The van der Waals surface area contributed by atoms with Crippen molar-refractivity contribution in [1.29, 1.82) is 0 Å². The summed E-state index contributed by atoms with van der Waals surface area (Å²) < 4.78 is 16.0. The molecule has 1 heterocycles. The lowest BCUT2D eigenvalue weighted by Gasteiger charge is -2.11. The maximum atomic E-state index is 13.8. The van der Waals surface area contributed by atoms with Crippen molar-refractivity contribution in [2.45, 2.75) is 19.5 Å². The van der Waals surface area contributed by atoms with Crippen molar-refractivity contribution in [2.24, 2.45) is 0 Å². The number of aromatic nitrogens is 2. The molecule has 0 saturated heterocycles. The Bertz CT molecular complexity index is 1110. The molecule has 0 spiro atoms. The number of hydrogen-bond donors (Lipinski definition) is 1. The van der Waals surface area contributed by atoms with Crippen LogP contribution < -0.4 is 5.32 Å². The van der Waals surface area contributed by atoms with Crippen LogP contribution in [0.1, 0.15) is 21.7 Å². The molecule has 0 unspecified atom stereocenters. The molecule has 0 aliphatic carbocycles. The first kappa shape index (κ1) is 17.9. The summed E-state index contributed by atoms with van der Waals surface area (Å²) in [5.41, 5.74) is 3.18. The van der Waals surface area contributed by atoms with Crippen molar-refractivity contribution in [1.82, 2.24) is 14.9 Å². The van der Waals surface area contributed by atoms with E-state index in [1.54, 1.807) is 12.1 Å². The van der Waals surface area contributed by atoms with E-state index in [0.29, 0.717) is 0 Å². The Labute approximate surface area is 162 Å². The summed E-state index contributed by atoms with van der Waals surface area (Å²) in [6.45, 7) is 0.978. The van der Waals surface area contributed by atoms with Crippen LogP contribution in [0.15, 0.2) is 78.9 Å². The topological polar surface area (TPSA) is 46.9 Å². The summed E-state index contributed by atoms with van der Waals surface area (Å²) in [5, 5.41) is 2.79. The number of nitrogens with zero attached hydrogens (tertiary/aromatic N) is 2. The Balaban J connectivity index is 1.56. The second-order valence-corrected chi connectivity index (χ2v) is 6.57. The summed E-state index contributed by atoms with van der Waals surface area (Å²) in [5.74, 6) is -0.223. The van der Waals surface area contributed by atoms with Crippen LogP contribution >= 0.6 is 0 Å². The highest BCUT2D eigenvalue weighted by molar-refractivity contribution is 5.94. The van der Waals surface area contributed by atoms with E-state index in [-0.39, 0.29) is 12.1 Å². The van der Waals surface area contributed by atoms with Gasteiger partial charge in [-0.1, -0.05) is 54.6 Å². The van der Waals surface area contributed by atoms with Gasteiger partial charge in [0.25, 0.3) is 5.91 Å². The van der Waals surface area contributed by atoms with Gasteiger partial charge < -0.3 is 9.88 Å². The number of carbonyl (C=O) groups is 1. The predicted molar refractivity (Wildman–Crippen MR) is 107 cm³/mol. The summed E-state index contributed by atoms with van der Waals surface area (Å²) in [6, 6.07) is 24.1. The molecular formula is C23H20FN3O. The third-order valence-electron chi connectivity index (χ3n) is 4.73. The number of benzene rings is 3. The molecule has 0 radical (unpaired) electrons. The lowest BCUT2D eigenvalue weighted by molar-refractivity contribution is 0.0945. The molecule has 0 fully saturated rings. The van der Waals surface area contributed by atoms with Crippen LogP contribution in [0.4, 0.5) is 4.39 Å². The zero-order chi connectivity index (χ0) is 19.3. The van der Waals surface area contributed by atoms with Crippen LogP contribution in [-0.4, -0.2) is 15.5 Å². The van der Waals surface area contributed by atoms with Crippen LogP contribution in [0, 0.1) is 5.82 Å². The molecule has 0 aliphatic rings. The van der Waals surface area contributed by atoms with Crippen LogP contribution in [0.3, 0.4) is 0 Å². The van der Waals surface area contributed by atoms with Crippen LogP contribution in [0.5, 0.6) is 0 Å². The number of fused-ring (bicyclic) bond motifs is 1. The van der Waals surface area contributed by atoms with Gasteiger partial charge in [0.1, 0.15) is 11.6 Å². The van der Waals surface area contributed by atoms with Crippen molar-refractivity contribution in [3.8, 4) is 0 Å². The van der Waals surface area contributed by atoms with Gasteiger partial charge in [0.15, 0.2) is 0 Å². The predicted octanol–water partition coefficient (Wildman–Crippen LogP) is 4.35. The largest absolute Gasteiger partial charge is 0.345 e. The SMILES string of the molecule is O=C(NCc1nc2ccccc2n1CCc1ccccc1)c1ccccc1F. The zero-order valence-corrected chi connectivity index (χ0v) is 15.3. The van der Waals surface area contributed by atoms with Gasteiger partial charge >= 0.3 is 0 Å². The minimum Gasteiger partial charge on any atom is -0.345 e. The number of amides is 1. The Kier molecular flexibility index (Phi) is 5.15. The van der Waals surface area contributed by atoms with E-state index >= 15 is 0 Å². The first-order valence-corrected chi connectivity index (χ1v) is 9.23. The number of imidazole rings is 1. The van der Waals surface area contributed by atoms with Gasteiger partial charge in [0, 0.05) is 6.54 Å². The van der Waals surface area contributed by atoms with Gasteiger partial charge in [0.2, 0.25) is 0 Å². The van der Waals surface area contributed by atoms with Crippen LogP contribution in [0.2, 0.25) is 0 Å². The molecule has 28 heavy (non-hydrogen) atoms. The smallest absolute Gasteiger partial charge is 0.254 e. The van der Waals surface area contributed by atoms with Gasteiger partial charge in [-0.2, -0.15) is 0 Å². The fourth-order valence-electron chi connectivity index (χ4n) is 3.30. The molecule has 3 aromatic carbocycles. The van der Waals surface area contributed by atoms with E-state index in [1.165, 1.54) is 17.7 Å². The second kappa shape index (κ2) is 8.05. The molecule has 1 amide bonds. The Morgan fingerprint density at radius 3 is 2.46 bits per heavy atom. The molecule has 0 saturated carbocycles. The monoisotopic (exact) mass is 373 g/mol. The lowest BCUT2D eigenvalue weighted by atomic mass is 10.1. The molecule has 1 aromatic heterocycles. The maximum Gasteiger partial charge on any atom is 0.254 e. The summed E-state index contributed by atoms with van der Waals surface area (Å²) >= 11 is 0. The number of carbonyl (C=O) groups excluding carboxylic acids is 1. The van der Waals surface area contributed by atoms with E-state index in [0.717, 1.165) is 29.8 Å². The third-order valence-corrected chi connectivity index (χ3v) is 4.73. The molecule has 1 N–H and O–H groups in total. The molecule has 4 nitrogen and oxygen atoms in total. The highest BCUT2D eigenvalue weighted by atomic mass is 19.1. The van der Waals surface area contributed by atoms with Gasteiger partial charge in [0.05, 0.1) is 23.1 Å². The molecule has 0 bridgehead atoms. The van der Waals surface area contributed by atoms with E-state index in [2.05, 4.69) is 27.0 Å². The average molecular weight is 373 g/mol. The number of nitrogens with one attached hydrogen (secondary N) is 1. The van der Waals surface area contributed by atoms with Crippen molar-refractivity contribution >= 4 is 16.9 Å². The van der Waals surface area contributed by atoms with Crippen molar-refractivity contribution in [3.63, 3.8) is 0 Å². The minimum absolute atomic E-state index is 0.0365. The van der Waals surface area contributed by atoms with E-state index in [1.807, 2.05) is 42.5 Å². The molecule has 5 heteroatoms. The Hall–Kier alpha value is -3.47.